The number of aromatic nitrogens is 1. The molecule has 0 radical (unpaired) electrons. The van der Waals surface area contributed by atoms with E-state index in [1.165, 1.54) is 0 Å². The van der Waals surface area contributed by atoms with Gasteiger partial charge in [-0.2, -0.15) is 0 Å². The van der Waals surface area contributed by atoms with Crippen LogP contribution >= 0.6 is 0 Å². The molecule has 0 aliphatic rings. The highest BCUT2D eigenvalue weighted by atomic mass is 16.4. The molecule has 1 aromatic heterocycles. The third-order valence-electron chi connectivity index (χ3n) is 2.60. The summed E-state index contributed by atoms with van der Waals surface area (Å²) in [5.41, 5.74) is 1.62. The van der Waals surface area contributed by atoms with Crippen molar-refractivity contribution in [1.82, 2.24) is 10.3 Å². The van der Waals surface area contributed by atoms with E-state index in [4.69, 9.17) is 4.42 Å². The van der Waals surface area contributed by atoms with E-state index in [1.54, 1.807) is 18.3 Å². The van der Waals surface area contributed by atoms with Crippen LogP contribution in [0.1, 0.15) is 28.9 Å². The molecular formula is C14H17N3O2. The zero-order valence-corrected chi connectivity index (χ0v) is 11.1. The van der Waals surface area contributed by atoms with Gasteiger partial charge >= 0.3 is 0 Å². The van der Waals surface area contributed by atoms with Gasteiger partial charge in [0.15, 0.2) is 0 Å². The number of nitrogens with zero attached hydrogens (tertiary/aromatic N) is 1. The highest BCUT2D eigenvalue weighted by Gasteiger charge is 2.07. The van der Waals surface area contributed by atoms with Gasteiger partial charge in [0.1, 0.15) is 5.76 Å². The molecule has 100 valence electrons. The van der Waals surface area contributed by atoms with Crippen LogP contribution in [-0.4, -0.2) is 17.4 Å². The zero-order chi connectivity index (χ0) is 13.7. The lowest BCUT2D eigenvalue weighted by Crippen LogP contribution is -2.22. The Labute approximate surface area is 112 Å². The van der Waals surface area contributed by atoms with Crippen molar-refractivity contribution in [3.63, 3.8) is 0 Å². The molecule has 0 bridgehead atoms. The second kappa shape index (κ2) is 6.04. The summed E-state index contributed by atoms with van der Waals surface area (Å²) in [4.78, 5) is 15.9. The Morgan fingerprint density at radius 3 is 2.63 bits per heavy atom. The maximum Gasteiger partial charge on any atom is 0.251 e. The standard InChI is InChI=1S/C14H17N3O2/c1-3-15-12-6-4-11(5-7-12)14(18)17-9-13-16-8-10(2)19-13/h4-8,15H,3,9H2,1-2H3,(H,17,18). The van der Waals surface area contributed by atoms with Crippen molar-refractivity contribution >= 4 is 11.6 Å². The summed E-state index contributed by atoms with van der Waals surface area (Å²) in [6, 6.07) is 7.34. The van der Waals surface area contributed by atoms with Gasteiger partial charge in [-0.3, -0.25) is 4.79 Å². The molecule has 0 fully saturated rings. The molecule has 0 saturated heterocycles. The molecule has 1 amide bonds. The summed E-state index contributed by atoms with van der Waals surface area (Å²) in [6.07, 6.45) is 1.63. The van der Waals surface area contributed by atoms with E-state index < -0.39 is 0 Å². The van der Waals surface area contributed by atoms with Crippen LogP contribution in [-0.2, 0) is 6.54 Å². The third-order valence-corrected chi connectivity index (χ3v) is 2.60. The first kappa shape index (κ1) is 13.1. The first-order chi connectivity index (χ1) is 9.19. The number of carbonyl (C=O) groups is 1. The quantitative estimate of drug-likeness (QED) is 0.865. The lowest BCUT2D eigenvalue weighted by molar-refractivity contribution is 0.0947. The highest BCUT2D eigenvalue weighted by molar-refractivity contribution is 5.94. The fraction of sp³-hybridized carbons (Fsp3) is 0.286. The molecule has 2 N–H and O–H groups in total. The number of rotatable bonds is 5. The first-order valence-electron chi connectivity index (χ1n) is 6.22. The molecule has 0 spiro atoms. The lowest BCUT2D eigenvalue weighted by atomic mass is 10.2. The van der Waals surface area contributed by atoms with Crippen molar-refractivity contribution in [1.29, 1.82) is 0 Å². The van der Waals surface area contributed by atoms with Gasteiger partial charge in [-0.25, -0.2) is 4.98 Å². The normalized spacial score (nSPS) is 10.2. The minimum absolute atomic E-state index is 0.140. The fourth-order valence-corrected chi connectivity index (χ4v) is 1.68. The van der Waals surface area contributed by atoms with Gasteiger partial charge in [0.25, 0.3) is 5.91 Å². The van der Waals surface area contributed by atoms with Crippen molar-refractivity contribution in [2.45, 2.75) is 20.4 Å². The molecule has 0 aliphatic heterocycles. The largest absolute Gasteiger partial charge is 0.444 e. The Bertz CT molecular complexity index is 546. The number of hydrogen-bond donors (Lipinski definition) is 2. The third kappa shape index (κ3) is 3.58. The van der Waals surface area contributed by atoms with Crippen LogP contribution < -0.4 is 10.6 Å². The predicted molar refractivity (Wildman–Crippen MR) is 73.0 cm³/mol. The van der Waals surface area contributed by atoms with Gasteiger partial charge in [-0.05, 0) is 38.1 Å². The highest BCUT2D eigenvalue weighted by Crippen LogP contribution is 2.09. The maximum absolute atomic E-state index is 11.9. The molecule has 2 aromatic rings. The number of hydrogen-bond acceptors (Lipinski definition) is 4. The van der Waals surface area contributed by atoms with E-state index in [2.05, 4.69) is 15.6 Å². The minimum atomic E-state index is -0.140. The van der Waals surface area contributed by atoms with Crippen molar-refractivity contribution in [2.24, 2.45) is 0 Å². The monoisotopic (exact) mass is 259 g/mol. The summed E-state index contributed by atoms with van der Waals surface area (Å²) in [7, 11) is 0. The molecule has 0 aliphatic carbocycles. The SMILES string of the molecule is CCNc1ccc(C(=O)NCc2ncc(C)o2)cc1. The van der Waals surface area contributed by atoms with Crippen LogP contribution in [0, 0.1) is 6.92 Å². The lowest BCUT2D eigenvalue weighted by Gasteiger charge is -2.05. The zero-order valence-electron chi connectivity index (χ0n) is 11.1. The van der Waals surface area contributed by atoms with E-state index in [-0.39, 0.29) is 5.91 Å². The van der Waals surface area contributed by atoms with Crippen LogP contribution in [0.2, 0.25) is 0 Å². The predicted octanol–water partition coefficient (Wildman–Crippen LogP) is 2.34. The molecule has 5 nitrogen and oxygen atoms in total. The average molecular weight is 259 g/mol. The van der Waals surface area contributed by atoms with Crippen molar-refractivity contribution < 1.29 is 9.21 Å². The second-order valence-electron chi connectivity index (χ2n) is 4.16. The van der Waals surface area contributed by atoms with Gasteiger partial charge in [0.05, 0.1) is 12.7 Å². The Hall–Kier alpha value is -2.30. The molecule has 1 heterocycles. The number of aryl methyl sites for hydroxylation is 1. The number of anilines is 1. The van der Waals surface area contributed by atoms with Crippen LogP contribution in [0.3, 0.4) is 0 Å². The smallest absolute Gasteiger partial charge is 0.251 e. The van der Waals surface area contributed by atoms with Crippen LogP contribution in [0.25, 0.3) is 0 Å². The molecule has 5 heteroatoms. The minimum Gasteiger partial charge on any atom is -0.444 e. The maximum atomic E-state index is 11.9. The molecular weight excluding hydrogens is 242 g/mol. The topological polar surface area (TPSA) is 67.2 Å². The number of nitrogens with one attached hydrogen (secondary N) is 2. The first-order valence-corrected chi connectivity index (χ1v) is 6.22. The Kier molecular flexibility index (Phi) is 4.18. The second-order valence-corrected chi connectivity index (χ2v) is 4.16. The number of benzene rings is 1. The van der Waals surface area contributed by atoms with Crippen LogP contribution in [0.4, 0.5) is 5.69 Å². The van der Waals surface area contributed by atoms with Gasteiger partial charge in [-0.15, -0.1) is 0 Å². The molecule has 2 rings (SSSR count). The van der Waals surface area contributed by atoms with E-state index in [1.807, 2.05) is 26.0 Å². The van der Waals surface area contributed by atoms with Gasteiger partial charge in [0.2, 0.25) is 5.89 Å². The van der Waals surface area contributed by atoms with Gasteiger partial charge < -0.3 is 15.1 Å². The fourth-order valence-electron chi connectivity index (χ4n) is 1.68. The number of oxazole rings is 1. The van der Waals surface area contributed by atoms with E-state index in [0.29, 0.717) is 18.0 Å². The number of amides is 1. The van der Waals surface area contributed by atoms with Crippen LogP contribution in [0.5, 0.6) is 0 Å². The summed E-state index contributed by atoms with van der Waals surface area (Å²) >= 11 is 0. The van der Waals surface area contributed by atoms with E-state index >= 15 is 0 Å². The van der Waals surface area contributed by atoms with E-state index in [0.717, 1.165) is 18.0 Å². The van der Waals surface area contributed by atoms with E-state index in [9.17, 15) is 4.79 Å². The summed E-state index contributed by atoms with van der Waals surface area (Å²) in [6.45, 7) is 4.99. The molecule has 1 aromatic carbocycles. The Morgan fingerprint density at radius 1 is 1.32 bits per heavy atom. The molecule has 19 heavy (non-hydrogen) atoms. The van der Waals surface area contributed by atoms with Gasteiger partial charge in [-0.1, -0.05) is 0 Å². The summed E-state index contributed by atoms with van der Waals surface area (Å²) < 4.78 is 5.28. The summed E-state index contributed by atoms with van der Waals surface area (Å²) in [5.74, 6) is 1.10. The van der Waals surface area contributed by atoms with Crippen molar-refractivity contribution in [3.8, 4) is 0 Å². The van der Waals surface area contributed by atoms with Crippen molar-refractivity contribution in [3.05, 3.63) is 47.7 Å². The Balaban J connectivity index is 1.92. The molecule has 0 unspecified atom stereocenters. The van der Waals surface area contributed by atoms with Crippen LogP contribution in [0.15, 0.2) is 34.9 Å². The number of carbonyl (C=O) groups excluding carboxylic acids is 1. The summed E-state index contributed by atoms with van der Waals surface area (Å²) in [5, 5.41) is 5.94. The molecule has 0 saturated carbocycles. The Morgan fingerprint density at radius 2 is 2.05 bits per heavy atom. The molecule has 0 atom stereocenters. The van der Waals surface area contributed by atoms with Gasteiger partial charge in [0, 0.05) is 17.8 Å². The average Bonchev–Trinajstić information content (AvgIpc) is 2.83. The van der Waals surface area contributed by atoms with Crippen molar-refractivity contribution in [2.75, 3.05) is 11.9 Å².